The second-order valence-corrected chi connectivity index (χ2v) is 5.63. The van der Waals surface area contributed by atoms with Gasteiger partial charge in [-0.3, -0.25) is 4.98 Å². The van der Waals surface area contributed by atoms with E-state index in [1.807, 2.05) is 19.1 Å². The highest BCUT2D eigenvalue weighted by atomic mass is 16.5. The number of aryl methyl sites for hydroxylation is 1. The minimum atomic E-state index is 0.380. The lowest BCUT2D eigenvalue weighted by atomic mass is 9.92. The fourth-order valence-electron chi connectivity index (χ4n) is 1.59. The Labute approximate surface area is 105 Å². The first-order chi connectivity index (χ1) is 7.90. The Kier molecular flexibility index (Phi) is 4.94. The molecule has 1 heterocycles. The average molecular weight is 236 g/mol. The van der Waals surface area contributed by atoms with Gasteiger partial charge in [-0.2, -0.15) is 0 Å². The van der Waals surface area contributed by atoms with Crippen molar-refractivity contribution in [1.29, 1.82) is 0 Å². The first-order valence-electron chi connectivity index (χ1n) is 6.13. The second kappa shape index (κ2) is 6.01. The van der Waals surface area contributed by atoms with Gasteiger partial charge in [0.1, 0.15) is 5.75 Å². The molecular weight excluding hydrogens is 212 g/mol. The zero-order chi connectivity index (χ0) is 12.9. The van der Waals surface area contributed by atoms with Crippen molar-refractivity contribution < 1.29 is 4.74 Å². The molecule has 17 heavy (non-hydrogen) atoms. The first kappa shape index (κ1) is 14.0. The quantitative estimate of drug-likeness (QED) is 0.798. The predicted octanol–water partition coefficient (Wildman–Crippen LogP) is 2.92. The van der Waals surface area contributed by atoms with Crippen molar-refractivity contribution in [2.45, 2.75) is 40.7 Å². The summed E-state index contributed by atoms with van der Waals surface area (Å²) in [6.07, 6.45) is 1.16. The number of nitrogens with zero attached hydrogens (tertiary/aromatic N) is 1. The number of hydrogen-bond acceptors (Lipinski definition) is 3. The molecule has 1 N–H and O–H groups in total. The van der Waals surface area contributed by atoms with Gasteiger partial charge in [-0.1, -0.05) is 20.8 Å². The molecule has 0 spiro atoms. The Balaban J connectivity index is 2.44. The van der Waals surface area contributed by atoms with Crippen molar-refractivity contribution in [3.63, 3.8) is 0 Å². The summed E-state index contributed by atoms with van der Waals surface area (Å²) in [6, 6.07) is 3.93. The van der Waals surface area contributed by atoms with E-state index in [2.05, 4.69) is 31.1 Å². The van der Waals surface area contributed by atoms with Crippen LogP contribution in [0.2, 0.25) is 0 Å². The molecule has 1 aromatic rings. The molecule has 0 aliphatic carbocycles. The maximum atomic E-state index is 5.23. The van der Waals surface area contributed by atoms with E-state index in [4.69, 9.17) is 4.74 Å². The van der Waals surface area contributed by atoms with Gasteiger partial charge in [0.2, 0.25) is 0 Å². The lowest BCUT2D eigenvalue weighted by Crippen LogP contribution is -2.20. The first-order valence-corrected chi connectivity index (χ1v) is 6.13. The Morgan fingerprint density at radius 3 is 2.59 bits per heavy atom. The van der Waals surface area contributed by atoms with Gasteiger partial charge in [0.25, 0.3) is 0 Å². The van der Waals surface area contributed by atoms with Crippen molar-refractivity contribution in [3.05, 3.63) is 23.5 Å². The molecule has 1 aromatic heterocycles. The van der Waals surface area contributed by atoms with Gasteiger partial charge in [-0.25, -0.2) is 0 Å². The Morgan fingerprint density at radius 1 is 1.29 bits per heavy atom. The van der Waals surface area contributed by atoms with E-state index in [1.54, 1.807) is 7.11 Å². The van der Waals surface area contributed by atoms with Crippen molar-refractivity contribution in [2.75, 3.05) is 13.7 Å². The molecule has 0 unspecified atom stereocenters. The largest absolute Gasteiger partial charge is 0.497 e. The molecule has 0 fully saturated rings. The van der Waals surface area contributed by atoms with Gasteiger partial charge in [0, 0.05) is 24.4 Å². The summed E-state index contributed by atoms with van der Waals surface area (Å²) in [5.74, 6) is 0.880. The molecule has 0 radical (unpaired) electrons. The molecule has 1 rings (SSSR count). The molecule has 0 aliphatic rings. The van der Waals surface area contributed by atoms with E-state index >= 15 is 0 Å². The fourth-order valence-corrected chi connectivity index (χ4v) is 1.59. The van der Waals surface area contributed by atoms with Gasteiger partial charge in [0.05, 0.1) is 12.8 Å². The molecule has 0 saturated heterocycles. The highest BCUT2D eigenvalue weighted by Crippen LogP contribution is 2.17. The highest BCUT2D eigenvalue weighted by molar-refractivity contribution is 5.26. The summed E-state index contributed by atoms with van der Waals surface area (Å²) in [6.45, 7) is 10.6. The van der Waals surface area contributed by atoms with Gasteiger partial charge >= 0.3 is 0 Å². The number of methoxy groups -OCH3 is 1. The number of pyridine rings is 1. The standard InChI is InChI=1S/C14H24N2O/c1-11-8-13(17-5)9-12(16-11)10-15-7-6-14(2,3)4/h8-9,15H,6-7,10H2,1-5H3. The van der Waals surface area contributed by atoms with E-state index in [-0.39, 0.29) is 0 Å². The molecular formula is C14H24N2O. The normalized spacial score (nSPS) is 11.6. The van der Waals surface area contributed by atoms with Crippen molar-refractivity contribution in [3.8, 4) is 5.75 Å². The van der Waals surface area contributed by atoms with Gasteiger partial charge in [0.15, 0.2) is 0 Å². The monoisotopic (exact) mass is 236 g/mol. The van der Waals surface area contributed by atoms with Crippen LogP contribution in [-0.4, -0.2) is 18.6 Å². The summed E-state index contributed by atoms with van der Waals surface area (Å²) in [5.41, 5.74) is 2.41. The second-order valence-electron chi connectivity index (χ2n) is 5.63. The molecule has 0 saturated carbocycles. The minimum absolute atomic E-state index is 0.380. The van der Waals surface area contributed by atoms with Crippen LogP contribution in [0.25, 0.3) is 0 Å². The number of nitrogens with one attached hydrogen (secondary N) is 1. The SMILES string of the molecule is COc1cc(C)nc(CNCCC(C)(C)C)c1. The molecule has 0 atom stereocenters. The molecule has 3 nitrogen and oxygen atoms in total. The van der Waals surface area contributed by atoms with Crippen LogP contribution >= 0.6 is 0 Å². The Hall–Kier alpha value is -1.09. The Bertz CT molecular complexity index is 356. The molecule has 0 aliphatic heterocycles. The fraction of sp³-hybridized carbons (Fsp3) is 0.643. The number of ether oxygens (including phenoxy) is 1. The van der Waals surface area contributed by atoms with Gasteiger partial charge in [-0.05, 0) is 25.3 Å². The summed E-state index contributed by atoms with van der Waals surface area (Å²) in [5, 5.41) is 3.42. The molecule has 0 amide bonds. The zero-order valence-electron chi connectivity index (χ0n) is 11.6. The van der Waals surface area contributed by atoms with Crippen LogP contribution in [0, 0.1) is 12.3 Å². The van der Waals surface area contributed by atoms with Crippen LogP contribution in [0.5, 0.6) is 5.75 Å². The van der Waals surface area contributed by atoms with Crippen LogP contribution < -0.4 is 10.1 Å². The van der Waals surface area contributed by atoms with E-state index in [0.29, 0.717) is 5.41 Å². The lowest BCUT2D eigenvalue weighted by Gasteiger charge is -2.18. The van der Waals surface area contributed by atoms with Gasteiger partial charge < -0.3 is 10.1 Å². The van der Waals surface area contributed by atoms with Crippen LogP contribution in [-0.2, 0) is 6.54 Å². The van der Waals surface area contributed by atoms with Crippen molar-refractivity contribution in [2.24, 2.45) is 5.41 Å². The number of hydrogen-bond donors (Lipinski definition) is 1. The van der Waals surface area contributed by atoms with Crippen LogP contribution in [0.4, 0.5) is 0 Å². The number of aromatic nitrogens is 1. The molecule has 0 bridgehead atoms. The average Bonchev–Trinajstić information content (AvgIpc) is 2.22. The third kappa shape index (κ3) is 5.68. The van der Waals surface area contributed by atoms with Gasteiger partial charge in [-0.15, -0.1) is 0 Å². The highest BCUT2D eigenvalue weighted by Gasteiger charge is 2.09. The maximum absolute atomic E-state index is 5.23. The smallest absolute Gasteiger partial charge is 0.122 e. The van der Waals surface area contributed by atoms with E-state index in [1.165, 1.54) is 0 Å². The molecule has 3 heteroatoms. The lowest BCUT2D eigenvalue weighted by molar-refractivity contribution is 0.366. The third-order valence-electron chi connectivity index (χ3n) is 2.57. The summed E-state index contributed by atoms with van der Waals surface area (Å²) < 4.78 is 5.23. The Morgan fingerprint density at radius 2 is 2.00 bits per heavy atom. The van der Waals surface area contributed by atoms with E-state index in [0.717, 1.165) is 36.6 Å². The van der Waals surface area contributed by atoms with E-state index in [9.17, 15) is 0 Å². The number of rotatable bonds is 5. The van der Waals surface area contributed by atoms with Crippen molar-refractivity contribution in [1.82, 2.24) is 10.3 Å². The van der Waals surface area contributed by atoms with E-state index < -0.39 is 0 Å². The summed E-state index contributed by atoms with van der Waals surface area (Å²) in [4.78, 5) is 4.47. The topological polar surface area (TPSA) is 34.1 Å². The third-order valence-corrected chi connectivity index (χ3v) is 2.57. The maximum Gasteiger partial charge on any atom is 0.122 e. The van der Waals surface area contributed by atoms with Crippen LogP contribution in [0.1, 0.15) is 38.6 Å². The zero-order valence-corrected chi connectivity index (χ0v) is 11.6. The molecule has 96 valence electrons. The summed E-state index contributed by atoms with van der Waals surface area (Å²) in [7, 11) is 1.69. The predicted molar refractivity (Wildman–Crippen MR) is 71.3 cm³/mol. The minimum Gasteiger partial charge on any atom is -0.497 e. The van der Waals surface area contributed by atoms with Crippen LogP contribution in [0.15, 0.2) is 12.1 Å². The molecule has 0 aromatic carbocycles. The summed E-state index contributed by atoms with van der Waals surface area (Å²) >= 11 is 0. The van der Waals surface area contributed by atoms with Crippen LogP contribution in [0.3, 0.4) is 0 Å². The van der Waals surface area contributed by atoms with Crippen molar-refractivity contribution >= 4 is 0 Å².